The van der Waals surface area contributed by atoms with Crippen molar-refractivity contribution in [3.05, 3.63) is 45.6 Å². The summed E-state index contributed by atoms with van der Waals surface area (Å²) in [6, 6.07) is 8.13. The molecule has 0 saturated heterocycles. The Balaban J connectivity index is 1.77. The van der Waals surface area contributed by atoms with Gasteiger partial charge < -0.3 is 10.1 Å². The fraction of sp³-hybridized carbons (Fsp3) is 0.353. The summed E-state index contributed by atoms with van der Waals surface area (Å²) in [6.45, 7) is -2.93. The maximum absolute atomic E-state index is 12.4. The molecule has 122 valence electrons. The second kappa shape index (κ2) is 7.08. The summed E-state index contributed by atoms with van der Waals surface area (Å²) in [5.74, 6) is -0.317. The zero-order valence-electron chi connectivity index (χ0n) is 12.5. The minimum absolute atomic E-state index is 0.0334. The molecule has 0 spiro atoms. The van der Waals surface area contributed by atoms with Crippen LogP contribution in [-0.4, -0.2) is 12.5 Å². The van der Waals surface area contributed by atoms with Gasteiger partial charge in [0.1, 0.15) is 5.75 Å². The Morgan fingerprint density at radius 3 is 2.78 bits per heavy atom. The van der Waals surface area contributed by atoms with Crippen LogP contribution in [0.5, 0.6) is 5.75 Å². The Kier molecular flexibility index (Phi) is 4.91. The molecule has 1 amide bonds. The summed E-state index contributed by atoms with van der Waals surface area (Å²) in [4.78, 5) is 14.3. The molecule has 0 fully saturated rings. The van der Waals surface area contributed by atoms with Crippen LogP contribution in [0.4, 0.5) is 14.5 Å². The van der Waals surface area contributed by atoms with Crippen LogP contribution in [0.25, 0.3) is 0 Å². The smallest absolute Gasteiger partial charge is 0.387 e. The molecule has 6 heteroatoms. The van der Waals surface area contributed by atoms with Crippen molar-refractivity contribution in [1.29, 1.82) is 0 Å². The summed E-state index contributed by atoms with van der Waals surface area (Å²) >= 11 is 1.49. The second-order valence-corrected chi connectivity index (χ2v) is 6.59. The number of rotatable bonds is 4. The molecule has 0 bridgehead atoms. The third kappa shape index (κ3) is 3.88. The van der Waals surface area contributed by atoms with Crippen LogP contribution >= 0.6 is 11.3 Å². The Bertz CT molecular complexity index is 676. The van der Waals surface area contributed by atoms with E-state index in [2.05, 4.69) is 10.1 Å². The number of alkyl halides is 2. The molecular formula is C17H17F2NO2S. The van der Waals surface area contributed by atoms with Crippen molar-refractivity contribution in [1.82, 2.24) is 0 Å². The molecule has 0 aliphatic heterocycles. The van der Waals surface area contributed by atoms with Gasteiger partial charge in [-0.3, -0.25) is 4.79 Å². The van der Waals surface area contributed by atoms with E-state index in [1.807, 2.05) is 6.07 Å². The first kappa shape index (κ1) is 15.9. The maximum Gasteiger partial charge on any atom is 0.387 e. The van der Waals surface area contributed by atoms with Crippen LogP contribution in [0.3, 0.4) is 0 Å². The molecule has 1 heterocycles. The number of anilines is 1. The maximum atomic E-state index is 12.4. The first-order chi connectivity index (χ1) is 11.1. The van der Waals surface area contributed by atoms with Gasteiger partial charge in [-0.1, -0.05) is 18.6 Å². The van der Waals surface area contributed by atoms with Crippen molar-refractivity contribution in [2.45, 2.75) is 38.7 Å². The number of carbonyl (C=O) groups is 1. The molecule has 1 aliphatic carbocycles. The molecule has 1 N–H and O–H groups in total. The molecule has 3 rings (SSSR count). The number of ether oxygens (including phenoxy) is 1. The van der Waals surface area contributed by atoms with Gasteiger partial charge in [-0.25, -0.2) is 0 Å². The van der Waals surface area contributed by atoms with E-state index >= 15 is 0 Å². The summed E-state index contributed by atoms with van der Waals surface area (Å²) in [5.41, 5.74) is 1.50. The number of carbonyl (C=O) groups excluding carboxylic acids is 1. The van der Waals surface area contributed by atoms with E-state index in [1.54, 1.807) is 18.2 Å². The van der Waals surface area contributed by atoms with Crippen LogP contribution in [0.15, 0.2) is 30.3 Å². The Labute approximate surface area is 137 Å². The van der Waals surface area contributed by atoms with E-state index in [0.717, 1.165) is 25.7 Å². The third-order valence-corrected chi connectivity index (χ3v) is 5.06. The van der Waals surface area contributed by atoms with Gasteiger partial charge in [-0.2, -0.15) is 8.78 Å². The molecule has 0 unspecified atom stereocenters. The van der Waals surface area contributed by atoms with Crippen LogP contribution in [-0.2, 0) is 12.8 Å². The van der Waals surface area contributed by atoms with E-state index < -0.39 is 6.61 Å². The van der Waals surface area contributed by atoms with E-state index in [0.29, 0.717) is 4.88 Å². The predicted octanol–water partition coefficient (Wildman–Crippen LogP) is 4.87. The minimum atomic E-state index is -2.93. The first-order valence-corrected chi connectivity index (χ1v) is 8.42. The molecular weight excluding hydrogens is 320 g/mol. The molecule has 1 aromatic carbocycles. The first-order valence-electron chi connectivity index (χ1n) is 7.60. The second-order valence-electron chi connectivity index (χ2n) is 5.45. The summed E-state index contributed by atoms with van der Waals surface area (Å²) in [5, 5.41) is 2.67. The van der Waals surface area contributed by atoms with E-state index in [-0.39, 0.29) is 17.3 Å². The number of benzene rings is 1. The van der Waals surface area contributed by atoms with Crippen LogP contribution in [0.1, 0.15) is 39.4 Å². The molecule has 0 radical (unpaired) electrons. The van der Waals surface area contributed by atoms with E-state index in [1.165, 1.54) is 34.3 Å². The van der Waals surface area contributed by atoms with Crippen LogP contribution in [0, 0.1) is 0 Å². The van der Waals surface area contributed by atoms with Crippen molar-refractivity contribution in [2.24, 2.45) is 0 Å². The number of hydrogen-bond donors (Lipinski definition) is 1. The fourth-order valence-electron chi connectivity index (χ4n) is 2.73. The van der Waals surface area contributed by atoms with Gasteiger partial charge in [-0.05, 0) is 49.4 Å². The Morgan fingerprint density at radius 2 is 1.96 bits per heavy atom. The highest BCUT2D eigenvalue weighted by molar-refractivity contribution is 7.14. The van der Waals surface area contributed by atoms with Gasteiger partial charge in [-0.15, -0.1) is 11.3 Å². The zero-order valence-corrected chi connectivity index (χ0v) is 13.3. The van der Waals surface area contributed by atoms with Gasteiger partial charge in [0.2, 0.25) is 0 Å². The van der Waals surface area contributed by atoms with Gasteiger partial charge in [0.25, 0.3) is 5.91 Å². The highest BCUT2D eigenvalue weighted by Gasteiger charge is 2.18. The van der Waals surface area contributed by atoms with Gasteiger partial charge >= 0.3 is 6.61 Å². The van der Waals surface area contributed by atoms with Gasteiger partial charge in [0.15, 0.2) is 0 Å². The van der Waals surface area contributed by atoms with Gasteiger partial charge in [0.05, 0.1) is 10.6 Å². The highest BCUT2D eigenvalue weighted by Crippen LogP contribution is 2.31. The number of halogens is 2. The average molecular weight is 337 g/mol. The average Bonchev–Trinajstić information content (AvgIpc) is 2.80. The van der Waals surface area contributed by atoms with Crippen LogP contribution in [0.2, 0.25) is 0 Å². The van der Waals surface area contributed by atoms with Crippen molar-refractivity contribution >= 4 is 22.9 Å². The third-order valence-electron chi connectivity index (χ3n) is 3.82. The largest absolute Gasteiger partial charge is 0.433 e. The molecule has 23 heavy (non-hydrogen) atoms. The molecule has 3 nitrogen and oxygen atoms in total. The lowest BCUT2D eigenvalue weighted by atomic mass is 10.1. The topological polar surface area (TPSA) is 38.3 Å². The van der Waals surface area contributed by atoms with Crippen molar-refractivity contribution in [3.8, 4) is 5.75 Å². The standard InChI is InChI=1S/C17H17F2NO2S/c18-17(19)22-13-8-5-4-7-12(13)20-16(21)15-10-11-6-2-1-3-9-14(11)23-15/h4-5,7-8,10,17H,1-3,6,9H2,(H,20,21). The normalized spacial score (nSPS) is 14.2. The van der Waals surface area contributed by atoms with Crippen molar-refractivity contribution in [3.63, 3.8) is 0 Å². The number of amides is 1. The Hall–Kier alpha value is -1.95. The zero-order chi connectivity index (χ0) is 16.2. The molecule has 1 aliphatic rings. The molecule has 0 atom stereocenters. The van der Waals surface area contributed by atoms with Crippen molar-refractivity contribution in [2.75, 3.05) is 5.32 Å². The SMILES string of the molecule is O=C(Nc1ccccc1OC(F)F)c1cc2c(s1)CCCCC2. The lowest BCUT2D eigenvalue weighted by molar-refractivity contribution is -0.0493. The number of aryl methyl sites for hydroxylation is 2. The molecule has 2 aromatic rings. The summed E-state index contributed by atoms with van der Waals surface area (Å²) < 4.78 is 29.3. The lowest BCUT2D eigenvalue weighted by Gasteiger charge is -2.10. The van der Waals surface area contributed by atoms with E-state index in [4.69, 9.17) is 0 Å². The molecule has 1 aromatic heterocycles. The van der Waals surface area contributed by atoms with Crippen molar-refractivity contribution < 1.29 is 18.3 Å². The van der Waals surface area contributed by atoms with E-state index in [9.17, 15) is 13.6 Å². The number of nitrogens with one attached hydrogen (secondary N) is 1. The number of para-hydroxylation sites is 2. The quantitative estimate of drug-likeness (QED) is 0.808. The minimum Gasteiger partial charge on any atom is -0.433 e. The Morgan fingerprint density at radius 1 is 1.17 bits per heavy atom. The molecule has 0 saturated carbocycles. The predicted molar refractivity (Wildman–Crippen MR) is 86.6 cm³/mol. The number of hydrogen-bond acceptors (Lipinski definition) is 3. The fourth-order valence-corrected chi connectivity index (χ4v) is 3.88. The number of fused-ring (bicyclic) bond motifs is 1. The summed E-state index contributed by atoms with van der Waals surface area (Å²) in [7, 11) is 0. The monoisotopic (exact) mass is 337 g/mol. The highest BCUT2D eigenvalue weighted by atomic mass is 32.1. The lowest BCUT2D eigenvalue weighted by Crippen LogP contribution is -2.12. The van der Waals surface area contributed by atoms with Crippen LogP contribution < -0.4 is 10.1 Å². The summed E-state index contributed by atoms with van der Waals surface area (Å²) in [6.07, 6.45) is 5.54. The van der Waals surface area contributed by atoms with Gasteiger partial charge in [0, 0.05) is 4.88 Å². The number of thiophene rings is 1.